The number of hydrogen-bond acceptors (Lipinski definition) is 5. The number of aryl methyl sites for hydroxylation is 1. The number of hydrogen-bond donors (Lipinski definition) is 0. The van der Waals surface area contributed by atoms with E-state index in [1.807, 2.05) is 90.5 Å². The molecule has 204 valence electrons. The van der Waals surface area contributed by atoms with Crippen LogP contribution >= 0.6 is 23.4 Å². The lowest BCUT2D eigenvalue weighted by atomic mass is 9.99. The molecule has 0 saturated carbocycles. The average Bonchev–Trinajstić information content (AvgIpc) is 3.30. The van der Waals surface area contributed by atoms with Gasteiger partial charge in [0.2, 0.25) is 11.8 Å². The maximum Gasteiger partial charge on any atom is 0.242 e. The summed E-state index contributed by atoms with van der Waals surface area (Å²) in [6, 6.07) is 25.8. The molecule has 0 bridgehead atoms. The molecule has 6 rings (SSSR count). The van der Waals surface area contributed by atoms with Crippen LogP contribution < -0.4 is 4.90 Å². The fourth-order valence-electron chi connectivity index (χ4n) is 5.18. The average molecular weight is 573 g/mol. The van der Waals surface area contributed by atoms with Crippen LogP contribution in [0, 0.1) is 6.92 Å². The Morgan fingerprint density at radius 1 is 1.02 bits per heavy atom. The number of nitrogens with zero attached hydrogens (tertiary/aromatic N) is 4. The first-order valence-corrected chi connectivity index (χ1v) is 14.7. The molecule has 0 N–H and O–H groups in total. The van der Waals surface area contributed by atoms with Gasteiger partial charge in [-0.05, 0) is 36.8 Å². The van der Waals surface area contributed by atoms with Crippen LogP contribution in [-0.2, 0) is 14.3 Å². The second-order valence-corrected chi connectivity index (χ2v) is 11.4. The van der Waals surface area contributed by atoms with Crippen molar-refractivity contribution in [2.24, 2.45) is 0 Å². The zero-order valence-electron chi connectivity index (χ0n) is 22.1. The predicted octanol–water partition coefficient (Wildman–Crippen LogP) is 5.53. The highest BCUT2D eigenvalue weighted by atomic mass is 35.5. The van der Waals surface area contributed by atoms with Crippen LogP contribution in [0.15, 0.2) is 78.9 Å². The molecule has 2 aliphatic heterocycles. The molecule has 1 atom stereocenters. The number of halogens is 1. The first-order valence-electron chi connectivity index (χ1n) is 13.3. The fraction of sp³-hybridized carbons (Fsp3) is 0.258. The lowest BCUT2D eigenvalue weighted by Gasteiger charge is -2.30. The summed E-state index contributed by atoms with van der Waals surface area (Å²) in [7, 11) is 0. The number of morpholine rings is 1. The maximum absolute atomic E-state index is 13.9. The van der Waals surface area contributed by atoms with Crippen LogP contribution in [0.5, 0.6) is 0 Å². The van der Waals surface area contributed by atoms with Crippen molar-refractivity contribution in [3.63, 3.8) is 0 Å². The molecule has 3 heterocycles. The highest BCUT2D eigenvalue weighted by molar-refractivity contribution is 8.00. The minimum Gasteiger partial charge on any atom is -0.378 e. The van der Waals surface area contributed by atoms with Gasteiger partial charge >= 0.3 is 0 Å². The molecule has 4 aromatic rings. The number of carbonyl (C=O) groups is 2. The summed E-state index contributed by atoms with van der Waals surface area (Å²) in [5, 5.41) is 5.54. The van der Waals surface area contributed by atoms with Crippen molar-refractivity contribution in [1.29, 1.82) is 0 Å². The number of amides is 2. The van der Waals surface area contributed by atoms with Gasteiger partial charge in [0.15, 0.2) is 0 Å². The molecule has 1 saturated heterocycles. The third-order valence-corrected chi connectivity index (χ3v) is 8.71. The van der Waals surface area contributed by atoms with E-state index in [4.69, 9.17) is 21.4 Å². The van der Waals surface area contributed by atoms with E-state index in [0.29, 0.717) is 37.1 Å². The predicted molar refractivity (Wildman–Crippen MR) is 159 cm³/mol. The van der Waals surface area contributed by atoms with Crippen molar-refractivity contribution < 1.29 is 14.3 Å². The zero-order chi connectivity index (χ0) is 27.6. The lowest BCUT2D eigenvalue weighted by molar-refractivity contribution is -0.134. The van der Waals surface area contributed by atoms with Crippen molar-refractivity contribution >= 4 is 41.0 Å². The van der Waals surface area contributed by atoms with E-state index in [1.54, 1.807) is 9.80 Å². The van der Waals surface area contributed by atoms with Gasteiger partial charge in [-0.3, -0.25) is 14.5 Å². The normalized spacial score (nSPS) is 17.4. The van der Waals surface area contributed by atoms with Gasteiger partial charge in [0.25, 0.3) is 0 Å². The molecule has 0 radical (unpaired) electrons. The molecular weight excluding hydrogens is 544 g/mol. The molecule has 2 amide bonds. The van der Waals surface area contributed by atoms with Crippen LogP contribution in [-0.4, -0.2) is 65.1 Å². The third kappa shape index (κ3) is 5.27. The van der Waals surface area contributed by atoms with E-state index < -0.39 is 0 Å². The number of fused-ring (bicyclic) bond motifs is 1. The van der Waals surface area contributed by atoms with E-state index in [2.05, 4.69) is 0 Å². The Morgan fingerprint density at radius 3 is 2.50 bits per heavy atom. The van der Waals surface area contributed by atoms with Crippen molar-refractivity contribution in [3.8, 4) is 16.9 Å². The Balaban J connectivity index is 1.58. The Labute approximate surface area is 242 Å². The summed E-state index contributed by atoms with van der Waals surface area (Å²) in [5.74, 6) is 0.589. The molecule has 0 spiro atoms. The smallest absolute Gasteiger partial charge is 0.242 e. The molecule has 0 unspecified atom stereocenters. The SMILES string of the molecule is Cc1ccc(-n2nc(-c3ccccc3)c3c2N(CC(=O)N2CCOCC2)C(=O)CS[C@@H]3c2cccc(Cl)c2)cc1. The second-order valence-electron chi connectivity index (χ2n) is 9.92. The maximum atomic E-state index is 13.9. The summed E-state index contributed by atoms with van der Waals surface area (Å²) in [6.45, 7) is 3.99. The Bertz CT molecular complexity index is 1530. The number of benzene rings is 3. The minimum atomic E-state index is -0.226. The van der Waals surface area contributed by atoms with Crippen LogP contribution in [0.25, 0.3) is 16.9 Å². The van der Waals surface area contributed by atoms with Crippen molar-refractivity contribution in [2.75, 3.05) is 43.5 Å². The van der Waals surface area contributed by atoms with Crippen molar-refractivity contribution in [1.82, 2.24) is 14.7 Å². The van der Waals surface area contributed by atoms with Gasteiger partial charge in [0.05, 0.1) is 35.6 Å². The molecule has 9 heteroatoms. The molecule has 1 fully saturated rings. The number of anilines is 1. The lowest BCUT2D eigenvalue weighted by Crippen LogP contribution is -2.48. The monoisotopic (exact) mass is 572 g/mol. The van der Waals surface area contributed by atoms with Gasteiger partial charge in [-0.25, -0.2) is 4.68 Å². The molecule has 3 aromatic carbocycles. The van der Waals surface area contributed by atoms with E-state index >= 15 is 0 Å². The van der Waals surface area contributed by atoms with Crippen molar-refractivity contribution in [2.45, 2.75) is 12.2 Å². The van der Waals surface area contributed by atoms with Crippen LogP contribution in [0.2, 0.25) is 5.02 Å². The van der Waals surface area contributed by atoms with E-state index in [9.17, 15) is 9.59 Å². The van der Waals surface area contributed by atoms with E-state index in [1.165, 1.54) is 11.8 Å². The zero-order valence-corrected chi connectivity index (χ0v) is 23.7. The van der Waals surface area contributed by atoms with Gasteiger partial charge in [-0.1, -0.05) is 71.8 Å². The minimum absolute atomic E-state index is 0.0690. The number of carbonyl (C=O) groups excluding carboxylic acids is 2. The van der Waals surface area contributed by atoms with Gasteiger partial charge in [-0.2, -0.15) is 5.10 Å². The Morgan fingerprint density at radius 2 is 1.77 bits per heavy atom. The number of aromatic nitrogens is 2. The van der Waals surface area contributed by atoms with Crippen LogP contribution in [0.4, 0.5) is 5.82 Å². The molecule has 40 heavy (non-hydrogen) atoms. The molecule has 7 nitrogen and oxygen atoms in total. The first-order chi connectivity index (χ1) is 19.5. The summed E-state index contributed by atoms with van der Waals surface area (Å²) in [4.78, 5) is 30.8. The van der Waals surface area contributed by atoms with Gasteiger partial charge < -0.3 is 9.64 Å². The largest absolute Gasteiger partial charge is 0.378 e. The summed E-state index contributed by atoms with van der Waals surface area (Å²) in [5.41, 5.74) is 5.51. The topological polar surface area (TPSA) is 67.7 Å². The highest BCUT2D eigenvalue weighted by Crippen LogP contribution is 2.48. The third-order valence-electron chi connectivity index (χ3n) is 7.22. The van der Waals surface area contributed by atoms with Gasteiger partial charge in [0.1, 0.15) is 12.4 Å². The molecule has 1 aromatic heterocycles. The van der Waals surface area contributed by atoms with Crippen LogP contribution in [0.1, 0.15) is 21.9 Å². The fourth-order valence-corrected chi connectivity index (χ4v) is 6.56. The molecule has 0 aliphatic carbocycles. The quantitative estimate of drug-likeness (QED) is 0.315. The number of rotatable bonds is 5. The summed E-state index contributed by atoms with van der Waals surface area (Å²) in [6.07, 6.45) is 0. The van der Waals surface area contributed by atoms with Gasteiger partial charge in [-0.15, -0.1) is 11.8 Å². The first kappa shape index (κ1) is 26.6. The highest BCUT2D eigenvalue weighted by Gasteiger charge is 2.38. The number of thioether (sulfide) groups is 1. The second kappa shape index (κ2) is 11.5. The standard InChI is InChI=1S/C31H29ClN4O3S/c1-21-10-12-25(13-11-21)36-31-28(29(33-36)22-6-3-2-4-7-22)30(23-8-5-9-24(32)18-23)40-20-27(38)35(31)19-26(37)34-14-16-39-17-15-34/h2-13,18,30H,14-17,19-20H2,1H3/t30-/m1/s1. The Kier molecular flexibility index (Phi) is 7.65. The molecular formula is C31H29ClN4O3S. The number of ether oxygens (including phenoxy) is 1. The van der Waals surface area contributed by atoms with Gasteiger partial charge in [0, 0.05) is 29.2 Å². The molecule has 2 aliphatic rings. The van der Waals surface area contributed by atoms with E-state index in [0.717, 1.165) is 33.6 Å². The van der Waals surface area contributed by atoms with E-state index in [-0.39, 0.29) is 29.4 Å². The van der Waals surface area contributed by atoms with Crippen LogP contribution in [0.3, 0.4) is 0 Å². The summed E-state index contributed by atoms with van der Waals surface area (Å²) < 4.78 is 7.27. The van der Waals surface area contributed by atoms with Crippen molar-refractivity contribution in [3.05, 3.63) is 101 Å². The summed E-state index contributed by atoms with van der Waals surface area (Å²) >= 11 is 7.98. The Hall–Kier alpha value is -3.59.